The van der Waals surface area contributed by atoms with Crippen LogP contribution in [0.25, 0.3) is 10.9 Å². The van der Waals surface area contributed by atoms with Crippen molar-refractivity contribution in [1.29, 1.82) is 0 Å². The molecule has 2 aliphatic heterocycles. The van der Waals surface area contributed by atoms with E-state index >= 15 is 0 Å². The number of nitrogens with zero attached hydrogens (tertiary/aromatic N) is 5. The van der Waals surface area contributed by atoms with Crippen LogP contribution in [0.3, 0.4) is 0 Å². The third-order valence-corrected chi connectivity index (χ3v) is 6.46. The first-order chi connectivity index (χ1) is 17.5. The molecule has 3 amide bonds. The van der Waals surface area contributed by atoms with Crippen molar-refractivity contribution in [3.8, 4) is 5.75 Å². The topological polar surface area (TPSA) is 100 Å². The van der Waals surface area contributed by atoms with Crippen LogP contribution in [0.15, 0.2) is 36.5 Å². The van der Waals surface area contributed by atoms with Crippen molar-refractivity contribution >= 4 is 34.3 Å². The Bertz CT molecular complexity index is 1300. The summed E-state index contributed by atoms with van der Waals surface area (Å²) < 4.78 is 24.2. The lowest BCUT2D eigenvalue weighted by molar-refractivity contribution is 0.0393. The average molecular weight is 495 g/mol. The van der Waals surface area contributed by atoms with E-state index in [4.69, 9.17) is 9.47 Å². The van der Waals surface area contributed by atoms with Crippen LogP contribution in [0.2, 0.25) is 0 Å². The zero-order valence-electron chi connectivity index (χ0n) is 20.2. The number of hydrogen-bond donors (Lipinski definition) is 1. The van der Waals surface area contributed by atoms with Crippen LogP contribution >= 0.6 is 0 Å². The van der Waals surface area contributed by atoms with Crippen LogP contribution in [-0.4, -0.2) is 80.4 Å². The molecule has 0 unspecified atom stereocenters. The first-order valence-electron chi connectivity index (χ1n) is 11.7. The second-order valence-corrected chi connectivity index (χ2v) is 8.63. The number of pyridine rings is 2. The van der Waals surface area contributed by atoms with E-state index in [-0.39, 0.29) is 29.8 Å². The van der Waals surface area contributed by atoms with E-state index in [1.165, 1.54) is 24.1 Å². The number of ether oxygens (including phenoxy) is 2. The van der Waals surface area contributed by atoms with E-state index in [9.17, 15) is 14.0 Å². The molecule has 1 aromatic carbocycles. The molecule has 36 heavy (non-hydrogen) atoms. The van der Waals surface area contributed by atoms with E-state index in [1.807, 2.05) is 0 Å². The van der Waals surface area contributed by atoms with Gasteiger partial charge in [-0.1, -0.05) is 12.1 Å². The lowest BCUT2D eigenvalue weighted by Crippen LogP contribution is -2.49. The Hall–Kier alpha value is -3.83. The first kappa shape index (κ1) is 23.9. The van der Waals surface area contributed by atoms with Crippen molar-refractivity contribution in [2.45, 2.75) is 6.54 Å². The fourth-order valence-electron chi connectivity index (χ4n) is 4.51. The number of halogens is 1. The number of carbonyl (C=O) groups is 2. The van der Waals surface area contributed by atoms with E-state index in [2.05, 4.69) is 20.2 Å². The first-order valence-corrected chi connectivity index (χ1v) is 11.7. The number of hydrogen-bond acceptors (Lipinski definition) is 7. The van der Waals surface area contributed by atoms with Crippen LogP contribution in [0.4, 0.5) is 20.7 Å². The minimum absolute atomic E-state index is 0.0215. The summed E-state index contributed by atoms with van der Waals surface area (Å²) in [4.78, 5) is 40.9. The summed E-state index contributed by atoms with van der Waals surface area (Å²) in [5.41, 5.74) is 1.88. The SMILES string of the molecule is COc1c(C(=O)NCc2ccc(F)cc2)nc2c3c(ccnc13)N(CCN1CCOCC1)C(=O)N2C. The highest BCUT2D eigenvalue weighted by atomic mass is 19.1. The number of methoxy groups -OCH3 is 1. The molecular weight excluding hydrogens is 467 g/mol. The molecule has 0 spiro atoms. The number of anilines is 2. The highest BCUT2D eigenvalue weighted by molar-refractivity contribution is 6.20. The fraction of sp³-hybridized carbons (Fsp3) is 0.360. The predicted octanol–water partition coefficient (Wildman–Crippen LogP) is 2.42. The minimum atomic E-state index is -0.489. The number of nitrogens with one attached hydrogen (secondary N) is 1. The molecule has 0 saturated carbocycles. The molecule has 4 heterocycles. The Morgan fingerprint density at radius 2 is 1.92 bits per heavy atom. The Morgan fingerprint density at radius 1 is 1.17 bits per heavy atom. The van der Waals surface area contributed by atoms with Crippen molar-refractivity contribution < 1.29 is 23.5 Å². The Balaban J connectivity index is 1.48. The van der Waals surface area contributed by atoms with Gasteiger partial charge in [0.1, 0.15) is 17.2 Å². The molecule has 1 saturated heterocycles. The minimum Gasteiger partial charge on any atom is -0.492 e. The smallest absolute Gasteiger partial charge is 0.329 e. The summed E-state index contributed by atoms with van der Waals surface area (Å²) in [6.07, 6.45) is 1.60. The lowest BCUT2D eigenvalue weighted by atomic mass is 10.1. The molecule has 1 N–H and O–H groups in total. The largest absolute Gasteiger partial charge is 0.492 e. The Labute approximate surface area is 207 Å². The number of aromatic nitrogens is 2. The van der Waals surface area contributed by atoms with E-state index in [1.54, 1.807) is 36.3 Å². The van der Waals surface area contributed by atoms with Gasteiger partial charge in [0.2, 0.25) is 0 Å². The van der Waals surface area contributed by atoms with E-state index in [0.717, 1.165) is 18.7 Å². The molecule has 10 nitrogen and oxygen atoms in total. The highest BCUT2D eigenvalue weighted by Crippen LogP contribution is 2.42. The Morgan fingerprint density at radius 3 is 2.64 bits per heavy atom. The van der Waals surface area contributed by atoms with Gasteiger partial charge in [-0.2, -0.15) is 0 Å². The van der Waals surface area contributed by atoms with Crippen molar-refractivity contribution in [2.75, 3.05) is 63.4 Å². The monoisotopic (exact) mass is 494 g/mol. The van der Waals surface area contributed by atoms with Gasteiger partial charge in [0.05, 0.1) is 31.4 Å². The highest BCUT2D eigenvalue weighted by Gasteiger charge is 2.35. The number of carbonyl (C=O) groups excluding carboxylic acids is 2. The molecule has 11 heteroatoms. The summed E-state index contributed by atoms with van der Waals surface area (Å²) >= 11 is 0. The second-order valence-electron chi connectivity index (χ2n) is 8.63. The second kappa shape index (κ2) is 10.0. The van der Waals surface area contributed by atoms with Crippen molar-refractivity contribution in [3.63, 3.8) is 0 Å². The summed E-state index contributed by atoms with van der Waals surface area (Å²) in [5.74, 6) is -0.274. The average Bonchev–Trinajstić information content (AvgIpc) is 2.91. The van der Waals surface area contributed by atoms with Gasteiger partial charge in [-0.3, -0.25) is 24.5 Å². The van der Waals surface area contributed by atoms with Crippen LogP contribution < -0.4 is 19.9 Å². The number of morpholine rings is 1. The summed E-state index contributed by atoms with van der Waals surface area (Å²) in [6.45, 7) is 4.39. The molecular formula is C25H27FN6O4. The van der Waals surface area contributed by atoms with Gasteiger partial charge in [0, 0.05) is 46.0 Å². The van der Waals surface area contributed by atoms with Crippen LogP contribution in [-0.2, 0) is 11.3 Å². The van der Waals surface area contributed by atoms with Crippen LogP contribution in [0.5, 0.6) is 5.75 Å². The molecule has 1 fully saturated rings. The molecule has 0 atom stereocenters. The third-order valence-electron chi connectivity index (χ3n) is 6.46. The number of benzene rings is 1. The number of amides is 3. The maximum atomic E-state index is 13.4. The maximum Gasteiger partial charge on any atom is 0.329 e. The molecule has 0 aliphatic carbocycles. The van der Waals surface area contributed by atoms with Gasteiger partial charge in [0.15, 0.2) is 11.4 Å². The van der Waals surface area contributed by atoms with Gasteiger partial charge in [-0.25, -0.2) is 14.2 Å². The fourth-order valence-corrected chi connectivity index (χ4v) is 4.51. The quantitative estimate of drug-likeness (QED) is 0.539. The zero-order chi connectivity index (χ0) is 25.2. The molecule has 2 aromatic heterocycles. The summed E-state index contributed by atoms with van der Waals surface area (Å²) in [5, 5.41) is 3.44. The van der Waals surface area contributed by atoms with Crippen LogP contribution in [0.1, 0.15) is 16.1 Å². The van der Waals surface area contributed by atoms with Gasteiger partial charge in [-0.05, 0) is 23.8 Å². The molecule has 0 bridgehead atoms. The van der Waals surface area contributed by atoms with Gasteiger partial charge in [0.25, 0.3) is 5.91 Å². The van der Waals surface area contributed by atoms with Crippen molar-refractivity contribution in [1.82, 2.24) is 20.2 Å². The van der Waals surface area contributed by atoms with Gasteiger partial charge < -0.3 is 14.8 Å². The van der Waals surface area contributed by atoms with E-state index < -0.39 is 5.91 Å². The lowest BCUT2D eigenvalue weighted by Gasteiger charge is -2.36. The molecule has 2 aliphatic rings. The van der Waals surface area contributed by atoms with Crippen molar-refractivity contribution in [2.24, 2.45) is 0 Å². The predicted molar refractivity (Wildman–Crippen MR) is 132 cm³/mol. The van der Waals surface area contributed by atoms with Gasteiger partial charge >= 0.3 is 6.03 Å². The standard InChI is InChI=1S/C25H27FN6O4/c1-30-23-19-18(32(25(30)34)10-9-31-11-13-36-14-12-31)7-8-27-20(19)22(35-2)21(29-23)24(33)28-15-16-3-5-17(26)6-4-16/h3-8H,9-15H2,1-2H3,(H,28,33). The number of urea groups is 1. The van der Waals surface area contributed by atoms with Crippen molar-refractivity contribution in [3.05, 3.63) is 53.6 Å². The molecule has 188 valence electrons. The third kappa shape index (κ3) is 4.42. The normalized spacial score (nSPS) is 15.9. The maximum absolute atomic E-state index is 13.4. The molecule has 0 radical (unpaired) electrons. The van der Waals surface area contributed by atoms with Crippen LogP contribution in [0, 0.1) is 5.82 Å². The molecule has 3 aromatic rings. The molecule has 5 rings (SSSR count). The summed E-state index contributed by atoms with van der Waals surface area (Å²) in [6, 6.07) is 7.39. The number of rotatable bonds is 7. The van der Waals surface area contributed by atoms with Gasteiger partial charge in [-0.15, -0.1) is 0 Å². The zero-order valence-corrected chi connectivity index (χ0v) is 20.2. The summed E-state index contributed by atoms with van der Waals surface area (Å²) in [7, 11) is 3.09. The van der Waals surface area contributed by atoms with E-state index in [0.29, 0.717) is 48.7 Å². The Kier molecular flexibility index (Phi) is 6.66.